The smallest absolute Gasteiger partial charge is 0.191 e. The van der Waals surface area contributed by atoms with Gasteiger partial charge in [0.25, 0.3) is 0 Å². The van der Waals surface area contributed by atoms with Crippen LogP contribution in [-0.2, 0) is 4.74 Å². The fraction of sp³-hybridized carbons (Fsp3) is 0.938. The lowest BCUT2D eigenvalue weighted by Gasteiger charge is -2.27. The second kappa shape index (κ2) is 9.26. The summed E-state index contributed by atoms with van der Waals surface area (Å²) in [5, 5.41) is 6.80. The van der Waals surface area contributed by atoms with Gasteiger partial charge in [-0.05, 0) is 53.1 Å². The van der Waals surface area contributed by atoms with Gasteiger partial charge in [0, 0.05) is 26.2 Å². The molecule has 0 aromatic heterocycles. The van der Waals surface area contributed by atoms with Crippen molar-refractivity contribution >= 4 is 5.96 Å². The van der Waals surface area contributed by atoms with Gasteiger partial charge in [-0.3, -0.25) is 9.89 Å². The molecular weight excluding hydrogens is 264 g/mol. The summed E-state index contributed by atoms with van der Waals surface area (Å²) < 4.78 is 5.42. The molecule has 0 bridgehead atoms. The number of guanidine groups is 1. The highest BCUT2D eigenvalue weighted by Crippen LogP contribution is 2.13. The van der Waals surface area contributed by atoms with Gasteiger partial charge in [-0.25, -0.2) is 0 Å². The summed E-state index contributed by atoms with van der Waals surface area (Å²) in [6.45, 7) is 13.4. The minimum atomic E-state index is -0.221. The molecule has 0 spiro atoms. The van der Waals surface area contributed by atoms with Crippen molar-refractivity contribution in [3.63, 3.8) is 0 Å². The van der Waals surface area contributed by atoms with E-state index in [-0.39, 0.29) is 5.60 Å². The average Bonchev–Trinajstić information content (AvgIpc) is 2.99. The van der Waals surface area contributed by atoms with Gasteiger partial charge in [0.05, 0.1) is 12.1 Å². The fourth-order valence-corrected chi connectivity index (χ4v) is 2.53. The fourth-order valence-electron chi connectivity index (χ4n) is 2.53. The van der Waals surface area contributed by atoms with E-state index in [0.29, 0.717) is 12.6 Å². The number of rotatable bonds is 8. The number of nitrogens with one attached hydrogen (secondary N) is 2. The van der Waals surface area contributed by atoms with Crippen molar-refractivity contribution in [3.05, 3.63) is 0 Å². The molecule has 0 aromatic rings. The van der Waals surface area contributed by atoms with Crippen LogP contribution in [0.3, 0.4) is 0 Å². The van der Waals surface area contributed by atoms with E-state index in [1.54, 1.807) is 7.11 Å². The first-order valence-corrected chi connectivity index (χ1v) is 8.33. The molecule has 2 N–H and O–H groups in total. The molecule has 5 nitrogen and oxygen atoms in total. The molecule has 0 aromatic carbocycles. The normalized spacial score (nSPS) is 18.8. The van der Waals surface area contributed by atoms with Crippen LogP contribution in [0.2, 0.25) is 0 Å². The Morgan fingerprint density at radius 3 is 2.43 bits per heavy atom. The van der Waals surface area contributed by atoms with Crippen LogP contribution < -0.4 is 10.6 Å². The van der Waals surface area contributed by atoms with Crippen molar-refractivity contribution in [3.8, 4) is 0 Å². The van der Waals surface area contributed by atoms with Crippen LogP contribution in [0, 0.1) is 0 Å². The molecule has 21 heavy (non-hydrogen) atoms. The predicted molar refractivity (Wildman–Crippen MR) is 90.0 cm³/mol. The summed E-state index contributed by atoms with van der Waals surface area (Å²) in [5.74, 6) is 0.889. The molecule has 5 heteroatoms. The Hall–Kier alpha value is -0.810. The molecule has 1 heterocycles. The largest absolute Gasteiger partial charge is 0.377 e. The van der Waals surface area contributed by atoms with Gasteiger partial charge in [0.15, 0.2) is 5.96 Å². The van der Waals surface area contributed by atoms with E-state index in [9.17, 15) is 0 Å². The predicted octanol–water partition coefficient (Wildman–Crippen LogP) is 1.84. The van der Waals surface area contributed by atoms with Crippen LogP contribution in [0.4, 0.5) is 0 Å². The van der Waals surface area contributed by atoms with Crippen LogP contribution in [0.25, 0.3) is 0 Å². The zero-order chi connectivity index (χ0) is 15.7. The van der Waals surface area contributed by atoms with E-state index in [1.165, 1.54) is 32.4 Å². The number of likely N-dealkylation sites (tertiary alicyclic amines) is 1. The maximum absolute atomic E-state index is 5.42. The summed E-state index contributed by atoms with van der Waals surface area (Å²) in [7, 11) is 1.73. The topological polar surface area (TPSA) is 48.9 Å². The Balaban J connectivity index is 2.50. The summed E-state index contributed by atoms with van der Waals surface area (Å²) in [6, 6.07) is 0.604. The van der Waals surface area contributed by atoms with Gasteiger partial charge >= 0.3 is 0 Å². The van der Waals surface area contributed by atoms with E-state index in [0.717, 1.165) is 19.0 Å². The number of methoxy groups -OCH3 is 1. The van der Waals surface area contributed by atoms with E-state index >= 15 is 0 Å². The Kier molecular flexibility index (Phi) is 8.04. The first-order valence-electron chi connectivity index (χ1n) is 8.33. The van der Waals surface area contributed by atoms with Crippen molar-refractivity contribution in [2.45, 2.75) is 58.6 Å². The summed E-state index contributed by atoms with van der Waals surface area (Å²) in [5.41, 5.74) is -0.221. The standard InChI is InChI=1S/C16H34N4O/c1-6-14(20-10-8-9-11-20)12-18-15(17-7-2)19-13-16(3,4)21-5/h14H,6-13H2,1-5H3,(H2,17,18,19). The molecular formula is C16H34N4O. The SMILES string of the molecule is CCNC(=NCC(C)(C)OC)NCC(CC)N1CCCC1. The highest BCUT2D eigenvalue weighted by Gasteiger charge is 2.21. The third-order valence-electron chi connectivity index (χ3n) is 4.15. The monoisotopic (exact) mass is 298 g/mol. The number of hydrogen-bond donors (Lipinski definition) is 2. The molecule has 0 radical (unpaired) electrons. The molecule has 1 rings (SSSR count). The van der Waals surface area contributed by atoms with Crippen molar-refractivity contribution in [1.82, 2.24) is 15.5 Å². The van der Waals surface area contributed by atoms with Gasteiger partial charge < -0.3 is 15.4 Å². The van der Waals surface area contributed by atoms with Crippen LogP contribution in [-0.4, -0.2) is 62.3 Å². The highest BCUT2D eigenvalue weighted by molar-refractivity contribution is 5.79. The molecule has 1 aliphatic rings. The van der Waals surface area contributed by atoms with Crippen molar-refractivity contribution in [2.24, 2.45) is 4.99 Å². The van der Waals surface area contributed by atoms with Crippen molar-refractivity contribution in [1.29, 1.82) is 0 Å². The molecule has 1 saturated heterocycles. The lowest BCUT2D eigenvalue weighted by molar-refractivity contribution is 0.0310. The number of aliphatic imine (C=N–C) groups is 1. The van der Waals surface area contributed by atoms with E-state index < -0.39 is 0 Å². The summed E-state index contributed by atoms with van der Waals surface area (Å²) in [6.07, 6.45) is 3.86. The van der Waals surface area contributed by atoms with E-state index in [4.69, 9.17) is 4.74 Å². The first kappa shape index (κ1) is 18.2. The van der Waals surface area contributed by atoms with Gasteiger partial charge in [0.2, 0.25) is 0 Å². The Morgan fingerprint density at radius 2 is 1.90 bits per heavy atom. The Bertz CT molecular complexity index is 311. The number of ether oxygens (including phenoxy) is 1. The third kappa shape index (κ3) is 6.66. The maximum atomic E-state index is 5.42. The lowest BCUT2D eigenvalue weighted by atomic mass is 10.1. The molecule has 1 fully saturated rings. The third-order valence-corrected chi connectivity index (χ3v) is 4.15. The van der Waals surface area contributed by atoms with Gasteiger partial charge in [0.1, 0.15) is 0 Å². The maximum Gasteiger partial charge on any atom is 0.191 e. The average molecular weight is 298 g/mol. The van der Waals surface area contributed by atoms with Crippen LogP contribution in [0.1, 0.15) is 47.0 Å². The molecule has 0 saturated carbocycles. The second-order valence-corrected chi connectivity index (χ2v) is 6.35. The van der Waals surface area contributed by atoms with Gasteiger partial charge in [-0.2, -0.15) is 0 Å². The second-order valence-electron chi connectivity index (χ2n) is 6.35. The van der Waals surface area contributed by atoms with Gasteiger partial charge in [-0.1, -0.05) is 6.92 Å². The number of nitrogens with zero attached hydrogens (tertiary/aromatic N) is 2. The Labute approximate surface area is 130 Å². The molecule has 1 unspecified atom stereocenters. The van der Waals surface area contributed by atoms with E-state index in [2.05, 4.69) is 48.2 Å². The Morgan fingerprint density at radius 1 is 1.24 bits per heavy atom. The molecule has 1 atom stereocenters. The van der Waals surface area contributed by atoms with Crippen molar-refractivity contribution < 1.29 is 4.74 Å². The zero-order valence-electron chi connectivity index (χ0n) is 14.5. The number of hydrogen-bond acceptors (Lipinski definition) is 3. The van der Waals surface area contributed by atoms with E-state index in [1.807, 2.05) is 0 Å². The van der Waals surface area contributed by atoms with Crippen molar-refractivity contribution in [2.75, 3.05) is 39.8 Å². The quantitative estimate of drug-likeness (QED) is 0.530. The lowest BCUT2D eigenvalue weighted by Crippen LogP contribution is -2.46. The minimum absolute atomic E-state index is 0.221. The zero-order valence-corrected chi connectivity index (χ0v) is 14.5. The van der Waals surface area contributed by atoms with Crippen LogP contribution in [0.15, 0.2) is 4.99 Å². The molecule has 1 aliphatic heterocycles. The van der Waals surface area contributed by atoms with Crippen LogP contribution >= 0.6 is 0 Å². The molecule has 0 amide bonds. The minimum Gasteiger partial charge on any atom is -0.377 e. The highest BCUT2D eigenvalue weighted by atomic mass is 16.5. The summed E-state index contributed by atoms with van der Waals surface area (Å²) in [4.78, 5) is 7.23. The first-order chi connectivity index (χ1) is 10.0. The van der Waals surface area contributed by atoms with Gasteiger partial charge in [-0.15, -0.1) is 0 Å². The molecule has 0 aliphatic carbocycles. The molecule has 124 valence electrons. The summed E-state index contributed by atoms with van der Waals surface area (Å²) >= 11 is 0. The van der Waals surface area contributed by atoms with Crippen LogP contribution in [0.5, 0.6) is 0 Å².